The molecule has 1 aromatic rings. The summed E-state index contributed by atoms with van der Waals surface area (Å²) in [4.78, 5) is 27.1. The SMILES string of the molecule is CCCN1C(=O)C(SCC)=C(c2ccc(C)cc2C)C1=O. The molecule has 21 heavy (non-hydrogen) atoms. The number of aryl methyl sites for hydroxylation is 2. The number of carbonyl (C=O) groups excluding carboxylic acids is 2. The highest BCUT2D eigenvalue weighted by molar-refractivity contribution is 8.04. The molecule has 3 nitrogen and oxygen atoms in total. The van der Waals surface area contributed by atoms with Crippen LogP contribution in [0, 0.1) is 13.8 Å². The van der Waals surface area contributed by atoms with Crippen molar-refractivity contribution in [2.45, 2.75) is 34.1 Å². The first kappa shape index (κ1) is 15.8. The maximum atomic E-state index is 12.7. The lowest BCUT2D eigenvalue weighted by Crippen LogP contribution is -2.32. The summed E-state index contributed by atoms with van der Waals surface area (Å²) in [5.74, 6) is 0.497. The van der Waals surface area contributed by atoms with E-state index in [0.717, 1.165) is 28.9 Å². The summed E-state index contributed by atoms with van der Waals surface area (Å²) in [6.07, 6.45) is 0.779. The second-order valence-electron chi connectivity index (χ2n) is 5.22. The Morgan fingerprint density at radius 2 is 1.81 bits per heavy atom. The second kappa shape index (κ2) is 6.48. The van der Waals surface area contributed by atoms with Gasteiger partial charge < -0.3 is 0 Å². The quantitative estimate of drug-likeness (QED) is 0.781. The third-order valence-electron chi connectivity index (χ3n) is 3.51. The maximum Gasteiger partial charge on any atom is 0.267 e. The fourth-order valence-electron chi connectivity index (χ4n) is 2.59. The minimum absolute atomic E-state index is 0.135. The minimum atomic E-state index is -0.148. The van der Waals surface area contributed by atoms with Gasteiger partial charge in [-0.2, -0.15) is 0 Å². The van der Waals surface area contributed by atoms with E-state index < -0.39 is 0 Å². The summed E-state index contributed by atoms with van der Waals surface area (Å²) in [6, 6.07) is 6.00. The summed E-state index contributed by atoms with van der Waals surface area (Å²) in [7, 11) is 0. The zero-order valence-corrected chi connectivity index (χ0v) is 13.8. The first-order valence-corrected chi connectivity index (χ1v) is 8.30. The molecule has 1 heterocycles. The third-order valence-corrected chi connectivity index (χ3v) is 4.47. The molecule has 0 atom stereocenters. The van der Waals surface area contributed by atoms with Crippen LogP contribution in [0.25, 0.3) is 5.57 Å². The van der Waals surface area contributed by atoms with Crippen molar-refractivity contribution in [3.63, 3.8) is 0 Å². The van der Waals surface area contributed by atoms with Crippen molar-refractivity contribution in [3.8, 4) is 0 Å². The molecular formula is C17H21NO2S. The molecule has 0 fully saturated rings. The third kappa shape index (κ3) is 2.91. The van der Waals surface area contributed by atoms with Crippen LogP contribution in [0.1, 0.15) is 37.0 Å². The van der Waals surface area contributed by atoms with Crippen LogP contribution in [0.5, 0.6) is 0 Å². The Balaban J connectivity index is 2.55. The largest absolute Gasteiger partial charge is 0.274 e. The molecule has 112 valence electrons. The van der Waals surface area contributed by atoms with Gasteiger partial charge in [-0.3, -0.25) is 14.5 Å². The predicted molar refractivity (Wildman–Crippen MR) is 88.0 cm³/mol. The van der Waals surface area contributed by atoms with Gasteiger partial charge in [0.25, 0.3) is 11.8 Å². The standard InChI is InChI=1S/C17H21NO2S/c1-5-9-18-16(19)14(15(17(18)20)21-6-2)13-8-7-11(3)10-12(13)4/h7-8,10H,5-6,9H2,1-4H3. The smallest absolute Gasteiger partial charge is 0.267 e. The van der Waals surface area contributed by atoms with Crippen molar-refractivity contribution in [1.29, 1.82) is 0 Å². The summed E-state index contributed by atoms with van der Waals surface area (Å²) in [5, 5.41) is 0. The Morgan fingerprint density at radius 3 is 2.38 bits per heavy atom. The van der Waals surface area contributed by atoms with E-state index >= 15 is 0 Å². The molecule has 4 heteroatoms. The Bertz CT molecular complexity index is 619. The molecule has 0 unspecified atom stereocenters. The summed E-state index contributed by atoms with van der Waals surface area (Å²) in [5.41, 5.74) is 3.66. The lowest BCUT2D eigenvalue weighted by Gasteiger charge is -2.14. The van der Waals surface area contributed by atoms with Gasteiger partial charge in [-0.25, -0.2) is 0 Å². The number of hydrogen-bond donors (Lipinski definition) is 0. The maximum absolute atomic E-state index is 12.7. The van der Waals surface area contributed by atoms with E-state index in [2.05, 4.69) is 6.07 Å². The van der Waals surface area contributed by atoms with Gasteiger partial charge in [0.2, 0.25) is 0 Å². The van der Waals surface area contributed by atoms with Crippen LogP contribution in [-0.4, -0.2) is 29.0 Å². The fourth-order valence-corrected chi connectivity index (χ4v) is 3.45. The molecule has 0 saturated carbocycles. The van der Waals surface area contributed by atoms with E-state index in [0.29, 0.717) is 17.0 Å². The molecule has 0 aliphatic carbocycles. The van der Waals surface area contributed by atoms with Crippen molar-refractivity contribution in [2.75, 3.05) is 12.3 Å². The number of hydrogen-bond acceptors (Lipinski definition) is 3. The van der Waals surface area contributed by atoms with E-state index in [-0.39, 0.29) is 11.8 Å². The molecule has 1 aliphatic heterocycles. The molecule has 0 aromatic heterocycles. The minimum Gasteiger partial charge on any atom is -0.274 e. The van der Waals surface area contributed by atoms with Gasteiger partial charge in [0.05, 0.1) is 10.5 Å². The van der Waals surface area contributed by atoms with E-state index in [1.165, 1.54) is 16.7 Å². The topological polar surface area (TPSA) is 37.4 Å². The highest BCUT2D eigenvalue weighted by atomic mass is 32.2. The summed E-state index contributed by atoms with van der Waals surface area (Å²) >= 11 is 1.46. The van der Waals surface area contributed by atoms with E-state index in [4.69, 9.17) is 0 Å². The van der Waals surface area contributed by atoms with Crippen molar-refractivity contribution in [1.82, 2.24) is 4.90 Å². The molecule has 2 amide bonds. The van der Waals surface area contributed by atoms with Crippen LogP contribution >= 0.6 is 11.8 Å². The van der Waals surface area contributed by atoms with Gasteiger partial charge in [-0.1, -0.05) is 37.6 Å². The Kier molecular flexibility index (Phi) is 4.88. The van der Waals surface area contributed by atoms with Crippen molar-refractivity contribution in [2.24, 2.45) is 0 Å². The zero-order chi connectivity index (χ0) is 15.6. The summed E-state index contributed by atoms with van der Waals surface area (Å²) in [6.45, 7) is 8.47. The van der Waals surface area contributed by atoms with Gasteiger partial charge in [0.15, 0.2) is 0 Å². The number of amides is 2. The zero-order valence-electron chi connectivity index (χ0n) is 13.0. The molecule has 0 N–H and O–H groups in total. The molecule has 2 rings (SSSR count). The number of imide groups is 1. The second-order valence-corrected chi connectivity index (χ2v) is 6.49. The molecule has 0 saturated heterocycles. The van der Waals surface area contributed by atoms with Gasteiger partial charge in [0, 0.05) is 6.54 Å². The van der Waals surface area contributed by atoms with E-state index in [9.17, 15) is 9.59 Å². The van der Waals surface area contributed by atoms with Crippen molar-refractivity contribution in [3.05, 3.63) is 39.8 Å². The highest BCUT2D eigenvalue weighted by Crippen LogP contribution is 2.37. The number of rotatable bonds is 5. The highest BCUT2D eigenvalue weighted by Gasteiger charge is 2.38. The first-order chi connectivity index (χ1) is 10.0. The average Bonchev–Trinajstić information content (AvgIpc) is 2.65. The van der Waals surface area contributed by atoms with Crippen LogP contribution in [-0.2, 0) is 9.59 Å². The van der Waals surface area contributed by atoms with Gasteiger partial charge >= 0.3 is 0 Å². The van der Waals surface area contributed by atoms with Crippen LogP contribution in [0.2, 0.25) is 0 Å². The number of nitrogens with zero attached hydrogens (tertiary/aromatic N) is 1. The monoisotopic (exact) mass is 303 g/mol. The van der Waals surface area contributed by atoms with Crippen LogP contribution < -0.4 is 0 Å². The van der Waals surface area contributed by atoms with Crippen molar-refractivity contribution >= 4 is 29.1 Å². The Hall–Kier alpha value is -1.55. The number of thioether (sulfide) groups is 1. The van der Waals surface area contributed by atoms with Gasteiger partial charge in [-0.15, -0.1) is 11.8 Å². The van der Waals surface area contributed by atoms with E-state index in [1.54, 1.807) is 0 Å². The van der Waals surface area contributed by atoms with E-state index in [1.807, 2.05) is 39.8 Å². The lowest BCUT2D eigenvalue weighted by molar-refractivity contribution is -0.136. The molecule has 1 aromatic carbocycles. The van der Waals surface area contributed by atoms with Gasteiger partial charge in [-0.05, 0) is 37.1 Å². The molecular weight excluding hydrogens is 282 g/mol. The molecule has 1 aliphatic rings. The van der Waals surface area contributed by atoms with Crippen LogP contribution in [0.4, 0.5) is 0 Å². The van der Waals surface area contributed by atoms with Crippen LogP contribution in [0.15, 0.2) is 23.1 Å². The number of benzene rings is 1. The van der Waals surface area contributed by atoms with Gasteiger partial charge in [0.1, 0.15) is 0 Å². The predicted octanol–water partition coefficient (Wildman–Crippen LogP) is 3.55. The number of carbonyl (C=O) groups is 2. The molecule has 0 bridgehead atoms. The normalized spacial score (nSPS) is 15.3. The fraction of sp³-hybridized carbons (Fsp3) is 0.412. The molecule has 0 radical (unpaired) electrons. The van der Waals surface area contributed by atoms with Crippen LogP contribution in [0.3, 0.4) is 0 Å². The Morgan fingerprint density at radius 1 is 1.10 bits per heavy atom. The van der Waals surface area contributed by atoms with Crippen molar-refractivity contribution < 1.29 is 9.59 Å². The Labute approximate surface area is 130 Å². The summed E-state index contributed by atoms with van der Waals surface area (Å²) < 4.78 is 0. The molecule has 0 spiro atoms. The first-order valence-electron chi connectivity index (χ1n) is 7.32. The average molecular weight is 303 g/mol. The lowest BCUT2D eigenvalue weighted by atomic mass is 9.99.